The first-order chi connectivity index (χ1) is 25.5. The van der Waals surface area contributed by atoms with Crippen molar-refractivity contribution in [2.45, 2.75) is 32.6 Å². The summed E-state index contributed by atoms with van der Waals surface area (Å²) in [6.07, 6.45) is -1.18. The van der Waals surface area contributed by atoms with Gasteiger partial charge in [-0.2, -0.15) is 18.3 Å². The van der Waals surface area contributed by atoms with Gasteiger partial charge in [-0.15, -0.1) is 0 Å². The average Bonchev–Trinajstić information content (AvgIpc) is 3.56. The maximum atomic E-state index is 14.4. The van der Waals surface area contributed by atoms with E-state index < -0.39 is 23.7 Å². The first kappa shape index (κ1) is 35.4. The monoisotopic (exact) mass is 720 g/mol. The number of fused-ring (bicyclic) bond motifs is 1. The molecule has 0 spiro atoms. The number of benzene rings is 3. The third kappa shape index (κ3) is 8.06. The van der Waals surface area contributed by atoms with E-state index in [4.69, 9.17) is 0 Å². The Morgan fingerprint density at radius 1 is 0.887 bits per heavy atom. The molecular weight excluding hydrogens is 685 g/mol. The molecule has 0 radical (unpaired) electrons. The van der Waals surface area contributed by atoms with Crippen LogP contribution in [-0.2, 0) is 24.1 Å². The quantitative estimate of drug-likeness (QED) is 0.214. The topological polar surface area (TPSA) is 115 Å². The summed E-state index contributed by atoms with van der Waals surface area (Å²) in [5, 5.41) is 9.24. The Bertz CT molecular complexity index is 2270. The Hall–Kier alpha value is -6.04. The fraction of sp³-hybridized carbons (Fsp3) is 0.256. The number of anilines is 2. The number of carbonyl (C=O) groups is 3. The van der Waals surface area contributed by atoms with Crippen LogP contribution in [0.3, 0.4) is 0 Å². The Labute approximate surface area is 303 Å². The van der Waals surface area contributed by atoms with Crippen LogP contribution in [0.5, 0.6) is 0 Å². The average molecular weight is 721 g/mol. The number of piperazine rings is 1. The number of amides is 4. The molecule has 2 aliphatic rings. The number of para-hydroxylation sites is 1. The summed E-state index contributed by atoms with van der Waals surface area (Å²) in [4.78, 5) is 47.4. The van der Waals surface area contributed by atoms with Crippen LogP contribution < -0.4 is 15.5 Å². The van der Waals surface area contributed by atoms with Crippen LogP contribution in [0, 0.1) is 18.8 Å². The number of nitrogens with one attached hydrogen (secondary N) is 2. The lowest BCUT2D eigenvalue weighted by Crippen LogP contribution is -2.50. The van der Waals surface area contributed by atoms with Crippen LogP contribution in [0.2, 0.25) is 0 Å². The first-order valence-electron chi connectivity index (χ1n) is 17.1. The van der Waals surface area contributed by atoms with Gasteiger partial charge in [0.2, 0.25) is 5.91 Å². The maximum Gasteiger partial charge on any atom is 0.416 e. The van der Waals surface area contributed by atoms with E-state index >= 15 is 0 Å². The first-order valence-corrected chi connectivity index (χ1v) is 17.1. The van der Waals surface area contributed by atoms with Gasteiger partial charge < -0.3 is 5.32 Å². The number of halogens is 3. The number of rotatable bonds is 7. The molecule has 2 aromatic heterocycles. The second-order valence-corrected chi connectivity index (χ2v) is 13.0. The Morgan fingerprint density at radius 2 is 1.64 bits per heavy atom. The third-order valence-electron chi connectivity index (χ3n) is 9.37. The molecule has 0 atom stereocenters. The number of carbonyl (C=O) groups excluding carboxylic acids is 3. The number of alkyl halides is 3. The molecule has 2 N–H and O–H groups in total. The molecule has 5 aromatic rings. The van der Waals surface area contributed by atoms with E-state index in [2.05, 4.69) is 37.5 Å². The van der Waals surface area contributed by atoms with Crippen molar-refractivity contribution < 1.29 is 27.6 Å². The SMILES string of the molecule is Cc1ccc(C(=O)Nc2ccc(CN3CCN(Cc4ccccc4N4CCC(=O)NC4=O)CC3)c(C(F)(F)F)c2)cc1C#Cc1cnc2cccnn12. The van der Waals surface area contributed by atoms with E-state index in [1.54, 1.807) is 46.1 Å². The molecule has 14 heteroatoms. The highest BCUT2D eigenvalue weighted by atomic mass is 19.4. The number of hydrogen-bond donors (Lipinski definition) is 2. The number of imide groups is 1. The van der Waals surface area contributed by atoms with E-state index in [1.165, 1.54) is 12.1 Å². The molecule has 2 aliphatic heterocycles. The van der Waals surface area contributed by atoms with Crippen LogP contribution in [0.15, 0.2) is 85.2 Å². The number of hydrogen-bond acceptors (Lipinski definition) is 7. The second-order valence-electron chi connectivity index (χ2n) is 13.0. The Kier molecular flexibility index (Phi) is 9.94. The molecule has 11 nitrogen and oxygen atoms in total. The van der Waals surface area contributed by atoms with E-state index in [1.807, 2.05) is 42.2 Å². The van der Waals surface area contributed by atoms with Gasteiger partial charge in [0.25, 0.3) is 5.91 Å². The summed E-state index contributed by atoms with van der Waals surface area (Å²) in [6, 6.07) is 19.5. The summed E-state index contributed by atoms with van der Waals surface area (Å²) < 4.78 is 44.7. The minimum atomic E-state index is -4.63. The van der Waals surface area contributed by atoms with E-state index in [9.17, 15) is 27.6 Å². The lowest BCUT2D eigenvalue weighted by Gasteiger charge is -2.36. The fourth-order valence-corrected chi connectivity index (χ4v) is 6.49. The van der Waals surface area contributed by atoms with Crippen molar-refractivity contribution >= 4 is 34.9 Å². The minimum Gasteiger partial charge on any atom is -0.322 e. The molecule has 0 bridgehead atoms. The summed E-state index contributed by atoms with van der Waals surface area (Å²) >= 11 is 0. The fourth-order valence-electron chi connectivity index (χ4n) is 6.49. The van der Waals surface area contributed by atoms with Crippen molar-refractivity contribution in [1.82, 2.24) is 29.7 Å². The van der Waals surface area contributed by atoms with Crippen LogP contribution in [0.25, 0.3) is 5.65 Å². The van der Waals surface area contributed by atoms with E-state index in [-0.39, 0.29) is 35.7 Å². The molecule has 4 amide bonds. The van der Waals surface area contributed by atoms with Gasteiger partial charge >= 0.3 is 12.2 Å². The summed E-state index contributed by atoms with van der Waals surface area (Å²) in [6.45, 7) is 5.13. The van der Waals surface area contributed by atoms with Crippen LogP contribution in [-0.4, -0.2) is 75.0 Å². The smallest absolute Gasteiger partial charge is 0.322 e. The molecule has 2 saturated heterocycles. The van der Waals surface area contributed by atoms with Gasteiger partial charge in [-0.25, -0.2) is 14.3 Å². The number of imidazole rings is 1. The maximum absolute atomic E-state index is 14.4. The third-order valence-corrected chi connectivity index (χ3v) is 9.37. The number of nitrogens with zero attached hydrogens (tertiary/aromatic N) is 6. The number of urea groups is 1. The zero-order chi connectivity index (χ0) is 37.1. The normalized spacial score (nSPS) is 15.6. The number of aryl methyl sites for hydroxylation is 1. The molecule has 2 fully saturated rings. The van der Waals surface area contributed by atoms with Crippen LogP contribution in [0.1, 0.15) is 50.3 Å². The predicted molar refractivity (Wildman–Crippen MR) is 192 cm³/mol. The van der Waals surface area contributed by atoms with Crippen molar-refractivity contribution in [3.63, 3.8) is 0 Å². The molecule has 270 valence electrons. The van der Waals surface area contributed by atoms with Crippen molar-refractivity contribution in [3.8, 4) is 11.8 Å². The second kappa shape index (κ2) is 14.9. The van der Waals surface area contributed by atoms with Crippen LogP contribution >= 0.6 is 0 Å². The summed E-state index contributed by atoms with van der Waals surface area (Å²) in [7, 11) is 0. The standard InChI is InChI=1S/C39H35F3N8O3/c1-26-8-9-28(21-27(26)11-13-32-23-43-35-7-4-15-44-50(32)35)37(52)45-31-12-10-29(33(22-31)39(40,41)42)24-47-17-19-48(20-18-47)25-30-5-2-3-6-34(30)49-16-14-36(51)46-38(49)53/h2-10,12,15,21-23H,14,16-20,24-25H2,1H3,(H,45,52)(H,46,51,53). The number of aromatic nitrogens is 3. The van der Waals surface area contributed by atoms with Crippen molar-refractivity contribution in [2.24, 2.45) is 0 Å². The van der Waals surface area contributed by atoms with Gasteiger partial charge in [0.1, 0.15) is 5.69 Å². The van der Waals surface area contributed by atoms with Crippen LogP contribution in [0.4, 0.5) is 29.3 Å². The van der Waals surface area contributed by atoms with Gasteiger partial charge in [0.15, 0.2) is 5.65 Å². The van der Waals surface area contributed by atoms with Crippen molar-refractivity contribution in [2.75, 3.05) is 42.9 Å². The Balaban J connectivity index is 0.995. The summed E-state index contributed by atoms with van der Waals surface area (Å²) in [5.41, 5.74) is 3.90. The van der Waals surface area contributed by atoms with Gasteiger partial charge in [-0.05, 0) is 72.0 Å². The minimum absolute atomic E-state index is 0.0336. The lowest BCUT2D eigenvalue weighted by molar-refractivity contribution is -0.138. The van der Waals surface area contributed by atoms with Gasteiger partial charge in [-0.3, -0.25) is 29.6 Å². The largest absolute Gasteiger partial charge is 0.416 e. The lowest BCUT2D eigenvalue weighted by atomic mass is 10.0. The van der Waals surface area contributed by atoms with Gasteiger partial charge in [-0.1, -0.05) is 36.3 Å². The molecule has 7 rings (SSSR count). The molecular formula is C39H35F3N8O3. The van der Waals surface area contributed by atoms with Crippen molar-refractivity contribution in [3.05, 3.63) is 124 Å². The highest BCUT2D eigenvalue weighted by Gasteiger charge is 2.34. The highest BCUT2D eigenvalue weighted by Crippen LogP contribution is 2.35. The predicted octanol–water partition coefficient (Wildman–Crippen LogP) is 5.47. The Morgan fingerprint density at radius 3 is 2.40 bits per heavy atom. The van der Waals surface area contributed by atoms with E-state index in [0.717, 1.165) is 22.9 Å². The summed E-state index contributed by atoms with van der Waals surface area (Å²) in [5.74, 6) is 5.24. The van der Waals surface area contributed by atoms with Gasteiger partial charge in [0.05, 0.1) is 11.8 Å². The van der Waals surface area contributed by atoms with Gasteiger partial charge in [0, 0.05) is 80.9 Å². The molecule has 3 aromatic carbocycles. The van der Waals surface area contributed by atoms with E-state index in [0.29, 0.717) is 56.2 Å². The molecule has 4 heterocycles. The molecule has 0 saturated carbocycles. The molecule has 0 unspecified atom stereocenters. The highest BCUT2D eigenvalue weighted by molar-refractivity contribution is 6.06. The van der Waals surface area contributed by atoms with Crippen molar-refractivity contribution in [1.29, 1.82) is 0 Å². The molecule has 53 heavy (non-hydrogen) atoms. The zero-order valence-corrected chi connectivity index (χ0v) is 28.8. The molecule has 0 aliphatic carbocycles. The zero-order valence-electron chi connectivity index (χ0n) is 28.8.